The van der Waals surface area contributed by atoms with Gasteiger partial charge in [0.15, 0.2) is 17.2 Å². The number of halogens is 2. The topological polar surface area (TPSA) is 57.1 Å². The lowest BCUT2D eigenvalue weighted by atomic mass is 10.1. The largest absolute Gasteiger partial charge is 0.493 e. The number of aliphatic imine (C=N–C) groups is 1. The maximum atomic E-state index is 12.4. The van der Waals surface area contributed by atoms with E-state index < -0.39 is 12.6 Å². The Morgan fingerprint density at radius 1 is 1.15 bits per heavy atom. The first kappa shape index (κ1) is 17.6. The quantitative estimate of drug-likeness (QED) is 0.599. The number of carbonyl (C=O) groups excluding carboxylic acids is 1. The first-order valence-electron chi connectivity index (χ1n) is 7.68. The highest BCUT2D eigenvalue weighted by Crippen LogP contribution is 2.31. The summed E-state index contributed by atoms with van der Waals surface area (Å²) in [5.41, 5.74) is 2.43. The summed E-state index contributed by atoms with van der Waals surface area (Å²) >= 11 is 0. The first-order chi connectivity index (χ1) is 12.5. The number of ether oxygens (including phenoxy) is 3. The molecule has 0 atom stereocenters. The predicted octanol–water partition coefficient (Wildman–Crippen LogP) is 3.95. The molecule has 0 bridgehead atoms. The number of nitrogens with zero attached hydrogens (tertiary/aromatic N) is 1. The molecule has 0 saturated heterocycles. The van der Waals surface area contributed by atoms with Crippen LogP contribution in [-0.2, 0) is 9.53 Å². The third-order valence-electron chi connectivity index (χ3n) is 3.59. The molecule has 0 saturated carbocycles. The molecule has 0 unspecified atom stereocenters. The normalized spacial score (nSPS) is 15.2. The summed E-state index contributed by atoms with van der Waals surface area (Å²) in [6.07, 6.45) is 1.62. The Morgan fingerprint density at radius 3 is 2.65 bits per heavy atom. The zero-order valence-electron chi connectivity index (χ0n) is 14.0. The SMILES string of the molecule is COc1cc(C2=N/C(=C\c3cccc(C)c3)C(=O)O2)ccc1OC(F)F. The number of carbonyl (C=O) groups is 1. The van der Waals surface area contributed by atoms with Gasteiger partial charge in [0.25, 0.3) is 0 Å². The molecule has 26 heavy (non-hydrogen) atoms. The minimum Gasteiger partial charge on any atom is -0.493 e. The maximum Gasteiger partial charge on any atom is 0.387 e. The highest BCUT2D eigenvalue weighted by Gasteiger charge is 2.25. The van der Waals surface area contributed by atoms with Crippen LogP contribution in [0.5, 0.6) is 11.5 Å². The number of hydrogen-bond donors (Lipinski definition) is 0. The van der Waals surface area contributed by atoms with Crippen molar-refractivity contribution in [2.24, 2.45) is 4.99 Å². The van der Waals surface area contributed by atoms with E-state index >= 15 is 0 Å². The van der Waals surface area contributed by atoms with Gasteiger partial charge in [-0.25, -0.2) is 9.79 Å². The molecule has 5 nitrogen and oxygen atoms in total. The fraction of sp³-hybridized carbons (Fsp3) is 0.158. The molecule has 0 aromatic heterocycles. The third-order valence-corrected chi connectivity index (χ3v) is 3.59. The number of hydrogen-bond acceptors (Lipinski definition) is 5. The van der Waals surface area contributed by atoms with Gasteiger partial charge in [0, 0.05) is 5.56 Å². The van der Waals surface area contributed by atoms with Gasteiger partial charge in [0.2, 0.25) is 5.90 Å². The van der Waals surface area contributed by atoms with Crippen molar-refractivity contribution < 1.29 is 27.8 Å². The van der Waals surface area contributed by atoms with E-state index in [4.69, 9.17) is 9.47 Å². The number of methoxy groups -OCH3 is 1. The summed E-state index contributed by atoms with van der Waals surface area (Å²) in [6.45, 7) is -1.03. The van der Waals surface area contributed by atoms with Crippen molar-refractivity contribution in [2.75, 3.05) is 7.11 Å². The number of rotatable bonds is 5. The number of aryl methyl sites for hydroxylation is 1. The van der Waals surface area contributed by atoms with Crippen molar-refractivity contribution in [3.8, 4) is 11.5 Å². The zero-order valence-corrected chi connectivity index (χ0v) is 14.0. The molecule has 2 aromatic carbocycles. The zero-order chi connectivity index (χ0) is 18.7. The van der Waals surface area contributed by atoms with Crippen LogP contribution in [0.2, 0.25) is 0 Å². The molecule has 0 radical (unpaired) electrons. The minimum atomic E-state index is -2.97. The summed E-state index contributed by atoms with van der Waals surface area (Å²) in [4.78, 5) is 16.2. The van der Waals surface area contributed by atoms with Crippen LogP contribution in [-0.4, -0.2) is 25.6 Å². The van der Waals surface area contributed by atoms with Crippen molar-refractivity contribution in [1.82, 2.24) is 0 Å². The predicted molar refractivity (Wildman–Crippen MR) is 91.4 cm³/mol. The molecule has 1 aliphatic rings. The van der Waals surface area contributed by atoms with Crippen LogP contribution in [0.25, 0.3) is 6.08 Å². The Balaban J connectivity index is 1.91. The number of cyclic esters (lactones) is 1. The lowest BCUT2D eigenvalue weighted by molar-refractivity contribution is -0.129. The minimum absolute atomic E-state index is 0.0656. The molecule has 2 aromatic rings. The molecule has 1 aliphatic heterocycles. The van der Waals surface area contributed by atoms with Crippen molar-refractivity contribution in [2.45, 2.75) is 13.5 Å². The number of esters is 1. The second-order valence-electron chi connectivity index (χ2n) is 5.49. The Bertz CT molecular complexity index is 906. The summed E-state index contributed by atoms with van der Waals surface area (Å²) in [7, 11) is 1.32. The van der Waals surface area contributed by atoms with Crippen LogP contribution >= 0.6 is 0 Å². The number of alkyl halides is 2. The van der Waals surface area contributed by atoms with Crippen LogP contribution in [0.4, 0.5) is 8.78 Å². The van der Waals surface area contributed by atoms with Gasteiger partial charge in [0.05, 0.1) is 7.11 Å². The smallest absolute Gasteiger partial charge is 0.387 e. The highest BCUT2D eigenvalue weighted by molar-refractivity contribution is 6.13. The van der Waals surface area contributed by atoms with Crippen molar-refractivity contribution in [3.05, 3.63) is 64.9 Å². The van der Waals surface area contributed by atoms with E-state index in [1.165, 1.54) is 25.3 Å². The molecule has 0 fully saturated rings. The van der Waals surface area contributed by atoms with Gasteiger partial charge in [-0.05, 0) is 36.8 Å². The molecular weight excluding hydrogens is 344 g/mol. The highest BCUT2D eigenvalue weighted by atomic mass is 19.3. The van der Waals surface area contributed by atoms with E-state index in [2.05, 4.69) is 9.73 Å². The average molecular weight is 359 g/mol. The monoisotopic (exact) mass is 359 g/mol. The summed E-state index contributed by atoms with van der Waals surface area (Å²) < 4.78 is 39.4. The second-order valence-corrected chi connectivity index (χ2v) is 5.49. The second kappa shape index (κ2) is 7.35. The van der Waals surface area contributed by atoms with E-state index in [0.717, 1.165) is 11.1 Å². The van der Waals surface area contributed by atoms with Gasteiger partial charge >= 0.3 is 12.6 Å². The molecule has 0 N–H and O–H groups in total. The van der Waals surface area contributed by atoms with E-state index in [9.17, 15) is 13.6 Å². The van der Waals surface area contributed by atoms with Crippen molar-refractivity contribution >= 4 is 17.9 Å². The number of benzene rings is 2. The van der Waals surface area contributed by atoms with Gasteiger partial charge in [-0.15, -0.1) is 0 Å². The van der Waals surface area contributed by atoms with Crippen LogP contribution in [0.1, 0.15) is 16.7 Å². The fourth-order valence-corrected chi connectivity index (χ4v) is 2.44. The molecule has 7 heteroatoms. The van der Waals surface area contributed by atoms with Crippen LogP contribution in [0.15, 0.2) is 53.2 Å². The molecule has 1 heterocycles. The van der Waals surface area contributed by atoms with Crippen molar-refractivity contribution in [1.29, 1.82) is 0 Å². The van der Waals surface area contributed by atoms with E-state index in [1.54, 1.807) is 6.08 Å². The van der Waals surface area contributed by atoms with Crippen molar-refractivity contribution in [3.63, 3.8) is 0 Å². The van der Waals surface area contributed by atoms with E-state index in [0.29, 0.717) is 5.56 Å². The van der Waals surface area contributed by atoms with Gasteiger partial charge in [-0.3, -0.25) is 0 Å². The molecular formula is C19H15F2NO4. The third kappa shape index (κ3) is 3.88. The Morgan fingerprint density at radius 2 is 1.96 bits per heavy atom. The Kier molecular flexibility index (Phi) is 4.97. The summed E-state index contributed by atoms with van der Waals surface area (Å²) in [6, 6.07) is 11.8. The fourth-order valence-electron chi connectivity index (χ4n) is 2.44. The molecule has 3 rings (SSSR count). The van der Waals surface area contributed by atoms with Gasteiger partial charge < -0.3 is 14.2 Å². The van der Waals surface area contributed by atoms with Gasteiger partial charge in [-0.2, -0.15) is 8.78 Å². The molecule has 134 valence electrons. The van der Waals surface area contributed by atoms with Crippen LogP contribution in [0.3, 0.4) is 0 Å². The van der Waals surface area contributed by atoms with Gasteiger partial charge in [0.1, 0.15) is 0 Å². The molecule has 0 amide bonds. The first-order valence-corrected chi connectivity index (χ1v) is 7.68. The Hall–Kier alpha value is -3.22. The standard InChI is InChI=1S/C19H15F2NO4/c1-11-4-3-5-12(8-11)9-14-18(23)26-17(22-14)13-6-7-15(25-19(20)21)16(10-13)24-2/h3-10,19H,1-2H3/b14-9-. The molecule has 0 spiro atoms. The summed E-state index contributed by atoms with van der Waals surface area (Å²) in [5.74, 6) is -0.562. The Labute approximate surface area is 148 Å². The van der Waals surface area contributed by atoms with E-state index in [1.807, 2.05) is 31.2 Å². The lowest BCUT2D eigenvalue weighted by Gasteiger charge is -2.10. The summed E-state index contributed by atoms with van der Waals surface area (Å²) in [5, 5.41) is 0. The van der Waals surface area contributed by atoms with E-state index in [-0.39, 0.29) is 23.1 Å². The maximum absolute atomic E-state index is 12.4. The van der Waals surface area contributed by atoms with Crippen LogP contribution in [0, 0.1) is 6.92 Å². The molecule has 0 aliphatic carbocycles. The average Bonchev–Trinajstić information content (AvgIpc) is 2.95. The lowest BCUT2D eigenvalue weighted by Crippen LogP contribution is -2.07. The van der Waals surface area contributed by atoms with Crippen LogP contribution < -0.4 is 9.47 Å². The van der Waals surface area contributed by atoms with Gasteiger partial charge in [-0.1, -0.05) is 29.8 Å².